The van der Waals surface area contributed by atoms with E-state index in [-0.39, 0.29) is 5.79 Å². The third kappa shape index (κ3) is 1.97. The van der Waals surface area contributed by atoms with Crippen LogP contribution in [0.2, 0.25) is 0 Å². The molecule has 1 unspecified atom stereocenters. The molecule has 0 N–H and O–H groups in total. The molecule has 0 fully saturated rings. The smallest absolute Gasteiger partial charge is 0.133 e. The van der Waals surface area contributed by atoms with Crippen molar-refractivity contribution in [2.24, 2.45) is 0 Å². The molecule has 0 saturated heterocycles. The molecule has 0 radical (unpaired) electrons. The molecule has 0 rings (SSSR count). The molecule has 0 amide bonds. The zero-order valence-corrected chi connectivity index (χ0v) is 10.3. The van der Waals surface area contributed by atoms with Gasteiger partial charge in [0, 0.05) is 6.16 Å². The number of hydrogen-bond acceptors (Lipinski definition) is 3. The van der Waals surface area contributed by atoms with E-state index < -0.39 is 0 Å². The van der Waals surface area contributed by atoms with E-state index in [0.717, 1.165) is 6.16 Å². The summed E-state index contributed by atoms with van der Waals surface area (Å²) in [6.45, 7) is 0. The van der Waals surface area contributed by atoms with Gasteiger partial charge in [0.15, 0.2) is 0 Å². The molecule has 0 aliphatic heterocycles. The van der Waals surface area contributed by atoms with Crippen molar-refractivity contribution in [3.63, 3.8) is 0 Å². The van der Waals surface area contributed by atoms with Crippen LogP contribution in [0.4, 0.5) is 0 Å². The van der Waals surface area contributed by atoms with Crippen LogP contribution in [0.1, 0.15) is 0 Å². The van der Waals surface area contributed by atoms with E-state index in [1.807, 2.05) is 0 Å². The third-order valence-electron chi connectivity index (χ3n) is 2.42. The fourth-order valence-electron chi connectivity index (χ4n) is 1.75. The molecule has 0 bridgehead atoms. The third-order valence-corrected chi connectivity index (χ3v) is 2.97. The highest BCUT2D eigenvalue weighted by atomic mass is 31.0. The summed E-state index contributed by atoms with van der Waals surface area (Å²) in [7, 11) is 15.4. The number of hydrogen-bond donors (Lipinski definition) is 0. The maximum absolute atomic E-state index is 2.80. The second kappa shape index (κ2) is 4.52. The van der Waals surface area contributed by atoms with Gasteiger partial charge in [-0.25, -0.2) is 0 Å². The Labute approximate surface area is 78.9 Å². The summed E-state index contributed by atoms with van der Waals surface area (Å²) in [4.78, 5) is 6.67. The molecule has 0 aromatic carbocycles. The van der Waals surface area contributed by atoms with Gasteiger partial charge in [0.05, 0.1) is 0 Å². The van der Waals surface area contributed by atoms with Crippen LogP contribution in [-0.4, -0.2) is 68.9 Å². The summed E-state index contributed by atoms with van der Waals surface area (Å²) in [5.41, 5.74) is 0. The van der Waals surface area contributed by atoms with Crippen LogP contribution in [0.25, 0.3) is 0 Å². The molecule has 0 aliphatic carbocycles. The van der Waals surface area contributed by atoms with Gasteiger partial charge in [-0.1, -0.05) is 0 Å². The van der Waals surface area contributed by atoms with Gasteiger partial charge in [0.2, 0.25) is 0 Å². The SMILES string of the molecule is CN(C)C(CP)(N(C)C)N(C)C. The summed E-state index contributed by atoms with van der Waals surface area (Å²) in [6, 6.07) is 0. The Morgan fingerprint density at radius 3 is 1.08 bits per heavy atom. The lowest BCUT2D eigenvalue weighted by atomic mass is 10.3. The Kier molecular flexibility index (Phi) is 4.64. The van der Waals surface area contributed by atoms with Crippen LogP contribution in [-0.2, 0) is 0 Å². The second-order valence-electron chi connectivity index (χ2n) is 3.66. The van der Waals surface area contributed by atoms with E-state index in [1.165, 1.54) is 0 Å². The Morgan fingerprint density at radius 2 is 1.08 bits per heavy atom. The maximum Gasteiger partial charge on any atom is 0.133 e. The first kappa shape index (κ1) is 12.3. The minimum Gasteiger partial charge on any atom is -0.279 e. The fraction of sp³-hybridized carbons (Fsp3) is 1.00. The molecule has 12 heavy (non-hydrogen) atoms. The van der Waals surface area contributed by atoms with Gasteiger partial charge in [0.1, 0.15) is 5.79 Å². The Hall–Kier alpha value is 0.310. The zero-order chi connectivity index (χ0) is 9.94. The summed E-state index contributed by atoms with van der Waals surface area (Å²) in [6.07, 6.45) is 1.00. The first-order chi connectivity index (χ1) is 5.39. The molecular weight excluding hydrogens is 169 g/mol. The lowest BCUT2D eigenvalue weighted by Gasteiger charge is -2.49. The van der Waals surface area contributed by atoms with Gasteiger partial charge in [-0.05, 0) is 42.3 Å². The highest BCUT2D eigenvalue weighted by molar-refractivity contribution is 7.16. The van der Waals surface area contributed by atoms with Crippen molar-refractivity contribution < 1.29 is 0 Å². The monoisotopic (exact) mass is 191 g/mol. The predicted molar refractivity (Wildman–Crippen MR) is 58.4 cm³/mol. The minimum absolute atomic E-state index is 0.00463. The molecule has 0 aliphatic rings. The van der Waals surface area contributed by atoms with Crippen LogP contribution in [0, 0.1) is 0 Å². The van der Waals surface area contributed by atoms with Gasteiger partial charge >= 0.3 is 0 Å². The standard InChI is InChI=1S/C8H22N3P/c1-9(2)8(7-12,10(3)4)11(5)6/h7,12H2,1-6H3. The van der Waals surface area contributed by atoms with Gasteiger partial charge in [-0.2, -0.15) is 0 Å². The van der Waals surface area contributed by atoms with Crippen molar-refractivity contribution in [2.75, 3.05) is 48.4 Å². The van der Waals surface area contributed by atoms with E-state index in [9.17, 15) is 0 Å². The zero-order valence-electron chi connectivity index (χ0n) is 9.13. The van der Waals surface area contributed by atoms with Crippen LogP contribution in [0.3, 0.4) is 0 Å². The second-order valence-corrected chi connectivity index (χ2v) is 4.07. The molecule has 0 aromatic rings. The van der Waals surface area contributed by atoms with Gasteiger partial charge in [-0.15, -0.1) is 9.24 Å². The highest BCUT2D eigenvalue weighted by Crippen LogP contribution is 2.20. The quantitative estimate of drug-likeness (QED) is 0.464. The van der Waals surface area contributed by atoms with Crippen molar-refractivity contribution in [3.8, 4) is 0 Å². The average Bonchev–Trinajstić information content (AvgIpc) is 1.86. The molecule has 1 atom stereocenters. The van der Waals surface area contributed by atoms with Gasteiger partial charge in [0.25, 0.3) is 0 Å². The molecule has 0 saturated carbocycles. The molecular formula is C8H22N3P. The first-order valence-electron chi connectivity index (χ1n) is 4.12. The fourth-order valence-corrected chi connectivity index (χ4v) is 2.84. The molecule has 0 heterocycles. The Morgan fingerprint density at radius 1 is 0.833 bits per heavy atom. The van der Waals surface area contributed by atoms with Crippen LogP contribution in [0.5, 0.6) is 0 Å². The van der Waals surface area contributed by atoms with Gasteiger partial charge in [-0.3, -0.25) is 14.7 Å². The average molecular weight is 191 g/mol. The van der Waals surface area contributed by atoms with Gasteiger partial charge < -0.3 is 0 Å². The molecule has 0 aromatic heterocycles. The maximum atomic E-state index is 2.80. The van der Waals surface area contributed by atoms with E-state index in [2.05, 4.69) is 66.2 Å². The summed E-state index contributed by atoms with van der Waals surface area (Å²) in [5, 5.41) is 0. The first-order valence-corrected chi connectivity index (χ1v) is 4.93. The molecule has 3 nitrogen and oxygen atoms in total. The van der Waals surface area contributed by atoms with Crippen molar-refractivity contribution in [1.29, 1.82) is 0 Å². The van der Waals surface area contributed by atoms with E-state index in [0.29, 0.717) is 0 Å². The summed E-state index contributed by atoms with van der Waals surface area (Å²) < 4.78 is 0. The van der Waals surface area contributed by atoms with Crippen molar-refractivity contribution in [2.45, 2.75) is 5.79 Å². The van der Waals surface area contributed by atoms with E-state index in [1.54, 1.807) is 0 Å². The van der Waals surface area contributed by atoms with Crippen LogP contribution in [0.15, 0.2) is 0 Å². The van der Waals surface area contributed by atoms with E-state index >= 15 is 0 Å². The van der Waals surface area contributed by atoms with Crippen LogP contribution >= 0.6 is 9.24 Å². The summed E-state index contributed by atoms with van der Waals surface area (Å²) in [5.74, 6) is 0.00463. The Balaban J connectivity index is 4.77. The lowest BCUT2D eigenvalue weighted by Crippen LogP contribution is -2.65. The normalized spacial score (nSPS) is 13.5. The summed E-state index contributed by atoms with van der Waals surface area (Å²) >= 11 is 0. The molecule has 74 valence electrons. The predicted octanol–water partition coefficient (Wildman–Crippen LogP) is 0.200. The molecule has 0 spiro atoms. The van der Waals surface area contributed by atoms with Crippen molar-refractivity contribution >= 4 is 9.24 Å². The number of nitrogens with zero attached hydrogens (tertiary/aromatic N) is 3. The Bertz CT molecular complexity index is 112. The largest absolute Gasteiger partial charge is 0.279 e. The van der Waals surface area contributed by atoms with Crippen molar-refractivity contribution in [1.82, 2.24) is 14.7 Å². The number of rotatable bonds is 4. The highest BCUT2D eigenvalue weighted by Gasteiger charge is 2.35. The topological polar surface area (TPSA) is 9.72 Å². The molecule has 4 heteroatoms. The van der Waals surface area contributed by atoms with Crippen molar-refractivity contribution in [3.05, 3.63) is 0 Å². The lowest BCUT2D eigenvalue weighted by molar-refractivity contribution is -0.0879. The minimum atomic E-state index is 0.00463. The van der Waals surface area contributed by atoms with Crippen LogP contribution < -0.4 is 0 Å². The van der Waals surface area contributed by atoms with E-state index in [4.69, 9.17) is 0 Å².